The van der Waals surface area contributed by atoms with Crippen molar-refractivity contribution in [1.82, 2.24) is 0 Å². The number of hydrogen-bond donors (Lipinski definition) is 1. The predicted octanol–water partition coefficient (Wildman–Crippen LogP) is 6.51. The lowest BCUT2D eigenvalue weighted by Crippen LogP contribution is -2.29. The number of aliphatic hydroxyl groups is 1. The number of hydrogen-bond acceptors (Lipinski definition) is 5. The smallest absolute Gasteiger partial charge is 0.300 e. The van der Waals surface area contributed by atoms with Gasteiger partial charge in [-0.1, -0.05) is 59.7 Å². The molecule has 188 valence electrons. The molecule has 1 unspecified atom stereocenters. The van der Waals surface area contributed by atoms with E-state index in [1.54, 1.807) is 24.3 Å². The van der Waals surface area contributed by atoms with E-state index in [2.05, 4.69) is 41.5 Å². The summed E-state index contributed by atoms with van der Waals surface area (Å²) in [5, 5.41) is 11.6. The molecular weight excluding hydrogens is 454 g/mol. The lowest BCUT2D eigenvalue weighted by Gasteiger charge is -2.25. The monoisotopic (exact) mass is 487 g/mol. The van der Waals surface area contributed by atoms with Crippen LogP contribution in [0.1, 0.15) is 70.0 Å². The minimum absolute atomic E-state index is 0.0424. The summed E-state index contributed by atoms with van der Waals surface area (Å²) < 4.78 is 11.2. The molecule has 1 saturated heterocycles. The molecular formula is C30H33NO5. The zero-order valence-electron chi connectivity index (χ0n) is 21.9. The van der Waals surface area contributed by atoms with E-state index in [-0.39, 0.29) is 22.2 Å². The maximum atomic E-state index is 13.4. The third-order valence-electron chi connectivity index (χ3n) is 6.59. The Labute approximate surface area is 212 Å². The fourth-order valence-electron chi connectivity index (χ4n) is 4.44. The molecule has 6 heteroatoms. The summed E-state index contributed by atoms with van der Waals surface area (Å²) in [5.74, 6) is -1.03. The number of carbonyl (C=O) groups is 2. The standard InChI is InChI=1S/C30H33NO5/c1-29(2,3)18-10-13-20(14-11-18)31-25(23-9-8-16-36-23)24(27(33)28(31)34)26(32)21-17-19(30(4,5)6)12-15-22(21)35-7/h8-17,25,32H,1-7H3/b26-24+. The van der Waals surface area contributed by atoms with Crippen molar-refractivity contribution in [3.05, 3.63) is 88.9 Å². The molecule has 0 aliphatic carbocycles. The van der Waals surface area contributed by atoms with Gasteiger partial charge in [-0.05, 0) is 58.4 Å². The van der Waals surface area contributed by atoms with Gasteiger partial charge in [-0.15, -0.1) is 0 Å². The highest BCUT2D eigenvalue weighted by molar-refractivity contribution is 6.51. The fraction of sp³-hybridized carbons (Fsp3) is 0.333. The Morgan fingerprint density at radius 2 is 1.53 bits per heavy atom. The van der Waals surface area contributed by atoms with Crippen molar-refractivity contribution in [1.29, 1.82) is 0 Å². The summed E-state index contributed by atoms with van der Waals surface area (Å²) in [4.78, 5) is 28.2. The van der Waals surface area contributed by atoms with Gasteiger partial charge in [-0.2, -0.15) is 0 Å². The van der Waals surface area contributed by atoms with Crippen LogP contribution in [0.2, 0.25) is 0 Å². The van der Waals surface area contributed by atoms with Crippen LogP contribution in [0.25, 0.3) is 5.76 Å². The zero-order chi connectivity index (χ0) is 26.4. The Kier molecular flexibility index (Phi) is 6.33. The maximum Gasteiger partial charge on any atom is 0.300 e. The summed E-state index contributed by atoms with van der Waals surface area (Å²) in [6.07, 6.45) is 1.49. The molecule has 3 aromatic rings. The number of amides is 1. The van der Waals surface area contributed by atoms with Gasteiger partial charge in [-0.3, -0.25) is 14.5 Å². The number of Topliss-reactive ketones (excluding diaryl/α,β-unsaturated/α-hetero) is 1. The first-order valence-corrected chi connectivity index (χ1v) is 12.0. The Balaban J connectivity index is 1.92. The van der Waals surface area contributed by atoms with Crippen LogP contribution in [0.4, 0.5) is 5.69 Å². The number of aliphatic hydroxyl groups excluding tert-OH is 1. The summed E-state index contributed by atoms with van der Waals surface area (Å²) in [7, 11) is 1.50. The lowest BCUT2D eigenvalue weighted by molar-refractivity contribution is -0.132. The molecule has 1 N–H and O–H groups in total. The highest BCUT2D eigenvalue weighted by Crippen LogP contribution is 2.44. The number of ether oxygens (including phenoxy) is 1. The molecule has 1 aliphatic heterocycles. The second kappa shape index (κ2) is 9.01. The second-order valence-corrected chi connectivity index (χ2v) is 11.1. The second-order valence-electron chi connectivity index (χ2n) is 11.1. The van der Waals surface area contributed by atoms with Crippen molar-refractivity contribution in [3.8, 4) is 5.75 Å². The molecule has 0 saturated carbocycles. The van der Waals surface area contributed by atoms with E-state index < -0.39 is 17.7 Å². The first kappa shape index (κ1) is 25.3. The van der Waals surface area contributed by atoms with Gasteiger partial charge in [0, 0.05) is 5.69 Å². The van der Waals surface area contributed by atoms with Crippen LogP contribution in [0.15, 0.2) is 70.9 Å². The van der Waals surface area contributed by atoms with Gasteiger partial charge in [0.2, 0.25) is 0 Å². The highest BCUT2D eigenvalue weighted by Gasteiger charge is 2.48. The number of ketones is 1. The van der Waals surface area contributed by atoms with Crippen molar-refractivity contribution in [2.75, 3.05) is 12.0 Å². The van der Waals surface area contributed by atoms with Crippen molar-refractivity contribution < 1.29 is 23.8 Å². The molecule has 0 bridgehead atoms. The largest absolute Gasteiger partial charge is 0.507 e. The van der Waals surface area contributed by atoms with E-state index in [9.17, 15) is 14.7 Å². The number of methoxy groups -OCH3 is 1. The maximum absolute atomic E-state index is 13.4. The molecule has 6 nitrogen and oxygen atoms in total. The minimum atomic E-state index is -0.927. The van der Waals surface area contributed by atoms with Gasteiger partial charge >= 0.3 is 0 Å². The van der Waals surface area contributed by atoms with Gasteiger partial charge in [0.1, 0.15) is 23.3 Å². The van der Waals surface area contributed by atoms with Gasteiger partial charge in [0.25, 0.3) is 11.7 Å². The van der Waals surface area contributed by atoms with Crippen molar-refractivity contribution >= 4 is 23.1 Å². The summed E-state index contributed by atoms with van der Waals surface area (Å²) in [6, 6.07) is 15.5. The van der Waals surface area contributed by atoms with Crippen LogP contribution in [-0.4, -0.2) is 23.9 Å². The lowest BCUT2D eigenvalue weighted by atomic mass is 9.85. The van der Waals surface area contributed by atoms with E-state index in [0.29, 0.717) is 22.8 Å². The highest BCUT2D eigenvalue weighted by atomic mass is 16.5. The van der Waals surface area contributed by atoms with Crippen LogP contribution in [0, 0.1) is 0 Å². The summed E-state index contributed by atoms with van der Waals surface area (Å²) >= 11 is 0. The number of nitrogens with zero attached hydrogens (tertiary/aromatic N) is 1. The number of benzene rings is 2. The van der Waals surface area contributed by atoms with E-state index in [1.165, 1.54) is 18.3 Å². The van der Waals surface area contributed by atoms with Crippen molar-refractivity contribution in [3.63, 3.8) is 0 Å². The molecule has 1 aliphatic rings. The normalized spacial score (nSPS) is 18.1. The van der Waals surface area contributed by atoms with Crippen molar-refractivity contribution in [2.24, 2.45) is 0 Å². The summed E-state index contributed by atoms with van der Waals surface area (Å²) in [6.45, 7) is 12.5. The molecule has 1 fully saturated rings. The average Bonchev–Trinajstić information content (AvgIpc) is 3.44. The SMILES string of the molecule is COc1ccc(C(C)(C)C)cc1/C(O)=C1\C(=O)C(=O)N(c2ccc(C(C)(C)C)cc2)C1c1ccco1. The van der Waals surface area contributed by atoms with Gasteiger partial charge in [0.05, 0.1) is 24.5 Å². The average molecular weight is 488 g/mol. The van der Waals surface area contributed by atoms with E-state index in [1.807, 2.05) is 30.3 Å². The molecule has 36 heavy (non-hydrogen) atoms. The molecule has 4 rings (SSSR count). The number of carbonyl (C=O) groups excluding carboxylic acids is 2. The molecule has 0 spiro atoms. The molecule has 1 amide bonds. The van der Waals surface area contributed by atoms with Crippen LogP contribution >= 0.6 is 0 Å². The van der Waals surface area contributed by atoms with Crippen molar-refractivity contribution in [2.45, 2.75) is 58.4 Å². The van der Waals surface area contributed by atoms with Crippen LogP contribution in [-0.2, 0) is 20.4 Å². The minimum Gasteiger partial charge on any atom is -0.507 e. The van der Waals surface area contributed by atoms with Crippen LogP contribution in [0.3, 0.4) is 0 Å². The topological polar surface area (TPSA) is 80.0 Å². The Morgan fingerprint density at radius 1 is 0.917 bits per heavy atom. The van der Waals surface area contributed by atoms with Gasteiger partial charge in [-0.25, -0.2) is 0 Å². The Morgan fingerprint density at radius 3 is 2.06 bits per heavy atom. The first-order valence-electron chi connectivity index (χ1n) is 12.0. The van der Waals surface area contributed by atoms with E-state index in [0.717, 1.165) is 11.1 Å². The third kappa shape index (κ3) is 4.43. The summed E-state index contributed by atoms with van der Waals surface area (Å²) in [5.41, 5.74) is 2.63. The molecule has 1 aromatic heterocycles. The quantitative estimate of drug-likeness (QED) is 0.258. The molecule has 2 heterocycles. The van der Waals surface area contributed by atoms with E-state index >= 15 is 0 Å². The zero-order valence-corrected chi connectivity index (χ0v) is 21.9. The van der Waals surface area contributed by atoms with Gasteiger partial charge in [0.15, 0.2) is 0 Å². The number of rotatable bonds is 4. The van der Waals surface area contributed by atoms with Crippen LogP contribution in [0.5, 0.6) is 5.75 Å². The van der Waals surface area contributed by atoms with E-state index in [4.69, 9.17) is 9.15 Å². The third-order valence-corrected chi connectivity index (χ3v) is 6.59. The predicted molar refractivity (Wildman–Crippen MR) is 140 cm³/mol. The Bertz CT molecular complexity index is 1320. The Hall–Kier alpha value is -3.80. The van der Waals surface area contributed by atoms with Gasteiger partial charge < -0.3 is 14.3 Å². The molecule has 2 aromatic carbocycles. The molecule has 0 radical (unpaired) electrons. The fourth-order valence-corrected chi connectivity index (χ4v) is 4.44. The molecule has 1 atom stereocenters. The van der Waals surface area contributed by atoms with Crippen LogP contribution < -0.4 is 9.64 Å². The number of anilines is 1. The number of furan rings is 1. The first-order chi connectivity index (χ1) is 16.8.